The van der Waals surface area contributed by atoms with Crippen LogP contribution in [0.25, 0.3) is 0 Å². The molecule has 2 saturated heterocycles. The summed E-state index contributed by atoms with van der Waals surface area (Å²) >= 11 is 0. The first-order valence-electron chi connectivity index (χ1n) is 9.63. The number of nitrogens with zero attached hydrogens (tertiary/aromatic N) is 4. The Kier molecular flexibility index (Phi) is 5.07. The maximum Gasteiger partial charge on any atom is 0.255 e. The zero-order chi connectivity index (χ0) is 18.9. The van der Waals surface area contributed by atoms with Gasteiger partial charge in [0.2, 0.25) is 5.91 Å². The Hall–Kier alpha value is -1.74. The van der Waals surface area contributed by atoms with E-state index in [4.69, 9.17) is 4.74 Å². The van der Waals surface area contributed by atoms with Gasteiger partial charge in [-0.25, -0.2) is 4.21 Å². The summed E-state index contributed by atoms with van der Waals surface area (Å²) in [7, 11) is -2.54. The third-order valence-corrected chi connectivity index (χ3v) is 7.84. The number of hydrogen-bond donors (Lipinski definition) is 0. The number of amides is 2. The van der Waals surface area contributed by atoms with Crippen molar-refractivity contribution >= 4 is 21.5 Å². The summed E-state index contributed by atoms with van der Waals surface area (Å²) in [5.41, 5.74) is -0.419. The number of carbonyl (C=O) groups excluding carboxylic acids is 2. The normalized spacial score (nSPS) is 31.0. The fourth-order valence-corrected chi connectivity index (χ4v) is 6.04. The van der Waals surface area contributed by atoms with Gasteiger partial charge in [0.1, 0.15) is 0 Å². The zero-order valence-corrected chi connectivity index (χ0v) is 16.2. The molecular formula is C18H26N4O4S. The van der Waals surface area contributed by atoms with Crippen molar-refractivity contribution in [2.75, 3.05) is 31.2 Å². The second-order valence-electron chi connectivity index (χ2n) is 7.75. The molecule has 27 heavy (non-hydrogen) atoms. The number of aryl methyl sites for hydroxylation is 1. The Morgan fingerprint density at radius 1 is 1.30 bits per heavy atom. The molecule has 9 heteroatoms. The summed E-state index contributed by atoms with van der Waals surface area (Å²) in [4.78, 5) is 26.4. The fourth-order valence-electron chi connectivity index (χ4n) is 3.81. The van der Waals surface area contributed by atoms with E-state index >= 15 is 0 Å². The Bertz CT molecular complexity index is 810. The lowest BCUT2D eigenvalue weighted by molar-refractivity contribution is -0.153. The summed E-state index contributed by atoms with van der Waals surface area (Å²) < 4.78 is 24.7. The van der Waals surface area contributed by atoms with Crippen LogP contribution >= 0.6 is 0 Å². The lowest BCUT2D eigenvalue weighted by Gasteiger charge is -2.45. The smallest absolute Gasteiger partial charge is 0.255 e. The van der Waals surface area contributed by atoms with Gasteiger partial charge in [0, 0.05) is 55.9 Å². The van der Waals surface area contributed by atoms with Crippen LogP contribution in [0.2, 0.25) is 0 Å². The Morgan fingerprint density at radius 3 is 2.74 bits per heavy atom. The number of morpholine rings is 1. The molecule has 1 aliphatic carbocycles. The van der Waals surface area contributed by atoms with Gasteiger partial charge < -0.3 is 9.64 Å². The first-order valence-corrected chi connectivity index (χ1v) is 11.5. The fraction of sp³-hybridized carbons (Fsp3) is 0.722. The standard InChI is InChI=1S/C18H26N4O4S/c23-16(4-9-22-8-1-7-19-22)20-27(25)12-5-18(6-13-27)14-21(10-11-26-18)17(24)15-2-3-15/h1,7-8,15H,2-6,9-14H2. The minimum absolute atomic E-state index is 0.198. The molecule has 2 amide bonds. The van der Waals surface area contributed by atoms with Crippen molar-refractivity contribution in [2.24, 2.45) is 10.3 Å². The van der Waals surface area contributed by atoms with E-state index in [1.165, 1.54) is 0 Å². The summed E-state index contributed by atoms with van der Waals surface area (Å²) in [6.07, 6.45) is 6.79. The van der Waals surface area contributed by atoms with Crippen LogP contribution in [-0.2, 0) is 30.6 Å². The third kappa shape index (κ3) is 4.40. The van der Waals surface area contributed by atoms with Crippen molar-refractivity contribution in [1.29, 1.82) is 0 Å². The van der Waals surface area contributed by atoms with Crippen LogP contribution in [0.1, 0.15) is 32.1 Å². The summed E-state index contributed by atoms with van der Waals surface area (Å²) in [5, 5.41) is 4.05. The molecule has 0 radical (unpaired) electrons. The molecule has 0 bridgehead atoms. The molecule has 4 rings (SSSR count). The average molecular weight is 394 g/mol. The van der Waals surface area contributed by atoms with Gasteiger partial charge in [-0.15, -0.1) is 0 Å². The quantitative estimate of drug-likeness (QED) is 0.761. The van der Waals surface area contributed by atoms with E-state index in [0.717, 1.165) is 12.8 Å². The van der Waals surface area contributed by atoms with Gasteiger partial charge in [0.05, 0.1) is 21.9 Å². The highest BCUT2D eigenvalue weighted by molar-refractivity contribution is 7.93. The highest BCUT2D eigenvalue weighted by atomic mass is 32.2. The van der Waals surface area contributed by atoms with Crippen LogP contribution in [0, 0.1) is 5.92 Å². The Morgan fingerprint density at radius 2 is 2.07 bits per heavy atom. The van der Waals surface area contributed by atoms with Gasteiger partial charge >= 0.3 is 0 Å². The minimum atomic E-state index is -2.54. The van der Waals surface area contributed by atoms with Crippen molar-refractivity contribution in [3.63, 3.8) is 0 Å². The first-order chi connectivity index (χ1) is 13.0. The third-order valence-electron chi connectivity index (χ3n) is 5.62. The maximum absolute atomic E-state index is 13.0. The molecule has 1 aromatic rings. The number of ether oxygens (including phenoxy) is 1. The van der Waals surface area contributed by atoms with Gasteiger partial charge in [0.25, 0.3) is 5.91 Å². The predicted molar refractivity (Wildman–Crippen MR) is 99.4 cm³/mol. The zero-order valence-electron chi connectivity index (χ0n) is 15.4. The SMILES string of the molecule is O=C(CCn1cccn1)N=S1(=O)CCC2(CC1)CN(C(=O)C1CC1)CCO2. The van der Waals surface area contributed by atoms with Crippen LogP contribution < -0.4 is 0 Å². The highest BCUT2D eigenvalue weighted by Crippen LogP contribution is 2.36. The minimum Gasteiger partial charge on any atom is -0.371 e. The highest BCUT2D eigenvalue weighted by Gasteiger charge is 2.44. The van der Waals surface area contributed by atoms with Gasteiger partial charge in [-0.2, -0.15) is 9.46 Å². The van der Waals surface area contributed by atoms with Crippen molar-refractivity contribution in [3.05, 3.63) is 18.5 Å². The number of rotatable bonds is 4. The summed E-state index contributed by atoms with van der Waals surface area (Å²) in [5.74, 6) is 0.817. The van der Waals surface area contributed by atoms with E-state index in [1.54, 1.807) is 23.1 Å². The maximum atomic E-state index is 13.0. The topological polar surface area (TPSA) is 93.9 Å². The van der Waals surface area contributed by atoms with Gasteiger partial charge in [-0.3, -0.25) is 14.3 Å². The molecule has 0 unspecified atom stereocenters. The van der Waals surface area contributed by atoms with E-state index in [1.807, 2.05) is 4.90 Å². The van der Waals surface area contributed by atoms with Crippen molar-refractivity contribution < 1.29 is 18.5 Å². The molecule has 3 aliphatic rings. The molecule has 2 aliphatic heterocycles. The average Bonchev–Trinajstić information content (AvgIpc) is 3.38. The van der Waals surface area contributed by atoms with Crippen LogP contribution in [0.5, 0.6) is 0 Å². The van der Waals surface area contributed by atoms with Crippen LogP contribution in [0.15, 0.2) is 22.8 Å². The number of aromatic nitrogens is 2. The second kappa shape index (κ2) is 7.35. The molecule has 148 valence electrons. The molecule has 1 saturated carbocycles. The van der Waals surface area contributed by atoms with Gasteiger partial charge in [-0.05, 0) is 31.7 Å². The van der Waals surface area contributed by atoms with Crippen molar-refractivity contribution in [1.82, 2.24) is 14.7 Å². The molecule has 8 nitrogen and oxygen atoms in total. The van der Waals surface area contributed by atoms with Gasteiger partial charge in [-0.1, -0.05) is 0 Å². The van der Waals surface area contributed by atoms with Crippen LogP contribution in [0.4, 0.5) is 0 Å². The van der Waals surface area contributed by atoms with Crippen molar-refractivity contribution in [3.8, 4) is 0 Å². The molecule has 3 fully saturated rings. The summed E-state index contributed by atoms with van der Waals surface area (Å²) in [6.45, 7) is 2.18. The van der Waals surface area contributed by atoms with E-state index < -0.39 is 15.3 Å². The summed E-state index contributed by atoms with van der Waals surface area (Å²) in [6, 6.07) is 1.80. The van der Waals surface area contributed by atoms with Crippen LogP contribution in [0.3, 0.4) is 0 Å². The molecule has 3 heterocycles. The molecule has 0 N–H and O–H groups in total. The van der Waals surface area contributed by atoms with E-state index in [-0.39, 0.29) is 24.2 Å². The Labute approximate surface area is 159 Å². The van der Waals surface area contributed by atoms with Gasteiger partial charge in [0.15, 0.2) is 0 Å². The molecule has 0 aromatic carbocycles. The second-order valence-corrected chi connectivity index (χ2v) is 10.3. The largest absolute Gasteiger partial charge is 0.371 e. The first kappa shape index (κ1) is 18.6. The number of hydrogen-bond acceptors (Lipinski definition) is 5. The predicted octanol–water partition coefficient (Wildman–Crippen LogP) is 1.07. The molecular weight excluding hydrogens is 368 g/mol. The lowest BCUT2D eigenvalue weighted by atomic mass is 9.94. The van der Waals surface area contributed by atoms with Crippen molar-refractivity contribution in [2.45, 2.75) is 44.2 Å². The lowest BCUT2D eigenvalue weighted by Crippen LogP contribution is -2.56. The monoisotopic (exact) mass is 394 g/mol. The van der Waals surface area contributed by atoms with E-state index in [2.05, 4.69) is 9.46 Å². The Balaban J connectivity index is 1.34. The molecule has 0 atom stereocenters. The molecule has 1 aromatic heterocycles. The van der Waals surface area contributed by atoms with Crippen LogP contribution in [-0.4, -0.2) is 67.5 Å². The van der Waals surface area contributed by atoms with E-state index in [0.29, 0.717) is 50.6 Å². The van der Waals surface area contributed by atoms with E-state index in [9.17, 15) is 13.8 Å². The number of carbonyl (C=O) groups is 2. The molecule has 1 spiro atoms.